The number of nitrogens with one attached hydrogen (secondary N) is 2. The second-order valence-corrected chi connectivity index (χ2v) is 6.67. The molecule has 114 valence electrons. The fourth-order valence-corrected chi connectivity index (χ4v) is 3.56. The minimum absolute atomic E-state index is 0.539. The first-order chi connectivity index (χ1) is 10.6. The molecule has 3 rings (SSSR count). The lowest BCUT2D eigenvalue weighted by Gasteiger charge is -2.20. The largest absolute Gasteiger partial charge is 0.332 e. The molecule has 0 saturated heterocycles. The summed E-state index contributed by atoms with van der Waals surface area (Å²) in [6.07, 6.45) is 4.75. The van der Waals surface area contributed by atoms with Crippen LogP contribution >= 0.6 is 35.4 Å². The molecule has 0 aromatic heterocycles. The highest BCUT2D eigenvalue weighted by atomic mass is 35.5. The van der Waals surface area contributed by atoms with E-state index in [1.807, 2.05) is 0 Å². The molecular formula is C17H16Cl2N2S. The average molecular weight is 351 g/mol. The van der Waals surface area contributed by atoms with Crippen LogP contribution in [0.5, 0.6) is 0 Å². The predicted molar refractivity (Wildman–Crippen MR) is 99.4 cm³/mol. The van der Waals surface area contributed by atoms with E-state index in [4.69, 9.17) is 35.4 Å². The SMILES string of the molecule is S=C(Nc1cc(Cl)cc(Cl)c1)Nc1cccc2c1CCCC2. The van der Waals surface area contributed by atoms with Gasteiger partial charge in [-0.1, -0.05) is 35.3 Å². The molecule has 1 aliphatic rings. The average Bonchev–Trinajstić information content (AvgIpc) is 2.46. The topological polar surface area (TPSA) is 24.1 Å². The van der Waals surface area contributed by atoms with Crippen molar-refractivity contribution in [1.29, 1.82) is 0 Å². The molecule has 2 nitrogen and oxygen atoms in total. The maximum atomic E-state index is 6.00. The zero-order chi connectivity index (χ0) is 15.5. The Morgan fingerprint density at radius 2 is 1.68 bits per heavy atom. The summed E-state index contributed by atoms with van der Waals surface area (Å²) in [7, 11) is 0. The Kier molecular flexibility index (Phi) is 4.87. The van der Waals surface area contributed by atoms with E-state index < -0.39 is 0 Å². The van der Waals surface area contributed by atoms with Crippen LogP contribution in [0.4, 0.5) is 11.4 Å². The van der Waals surface area contributed by atoms with Crippen molar-refractivity contribution < 1.29 is 0 Å². The van der Waals surface area contributed by atoms with Crippen LogP contribution in [0.25, 0.3) is 0 Å². The number of anilines is 2. The molecule has 22 heavy (non-hydrogen) atoms. The molecule has 5 heteroatoms. The molecule has 2 aromatic carbocycles. The monoisotopic (exact) mass is 350 g/mol. The number of hydrogen-bond donors (Lipinski definition) is 2. The Labute approximate surface area is 145 Å². The highest BCUT2D eigenvalue weighted by Gasteiger charge is 2.13. The number of rotatable bonds is 2. The van der Waals surface area contributed by atoms with Crippen molar-refractivity contribution in [3.8, 4) is 0 Å². The van der Waals surface area contributed by atoms with Gasteiger partial charge in [0.25, 0.3) is 0 Å². The molecule has 0 atom stereocenters. The maximum absolute atomic E-state index is 6.00. The normalized spacial score (nSPS) is 13.4. The van der Waals surface area contributed by atoms with Gasteiger partial charge in [-0.05, 0) is 73.3 Å². The first kappa shape index (κ1) is 15.6. The van der Waals surface area contributed by atoms with Gasteiger partial charge in [0.1, 0.15) is 0 Å². The Balaban J connectivity index is 1.74. The molecule has 0 heterocycles. The van der Waals surface area contributed by atoms with Crippen LogP contribution < -0.4 is 10.6 Å². The summed E-state index contributed by atoms with van der Waals surface area (Å²) >= 11 is 17.4. The van der Waals surface area contributed by atoms with E-state index in [1.54, 1.807) is 18.2 Å². The second kappa shape index (κ2) is 6.86. The van der Waals surface area contributed by atoms with Crippen LogP contribution in [0.3, 0.4) is 0 Å². The lowest BCUT2D eigenvalue weighted by molar-refractivity contribution is 0.687. The van der Waals surface area contributed by atoms with Gasteiger partial charge in [-0.25, -0.2) is 0 Å². The molecule has 0 spiro atoms. The number of aryl methyl sites for hydroxylation is 1. The number of fused-ring (bicyclic) bond motifs is 1. The summed E-state index contributed by atoms with van der Waals surface area (Å²) in [4.78, 5) is 0. The lowest BCUT2D eigenvalue weighted by atomic mass is 9.90. The van der Waals surface area contributed by atoms with E-state index in [1.165, 1.54) is 24.0 Å². The highest BCUT2D eigenvalue weighted by molar-refractivity contribution is 7.80. The highest BCUT2D eigenvalue weighted by Crippen LogP contribution is 2.28. The summed E-state index contributed by atoms with van der Waals surface area (Å²) in [5, 5.41) is 8.12. The molecule has 0 aliphatic heterocycles. The number of benzene rings is 2. The fourth-order valence-electron chi connectivity index (χ4n) is 2.81. The molecule has 0 amide bonds. The third kappa shape index (κ3) is 3.72. The summed E-state index contributed by atoms with van der Waals surface area (Å²) < 4.78 is 0. The van der Waals surface area contributed by atoms with Gasteiger partial charge in [0, 0.05) is 21.4 Å². The minimum Gasteiger partial charge on any atom is -0.332 e. The zero-order valence-electron chi connectivity index (χ0n) is 12.0. The number of hydrogen-bond acceptors (Lipinski definition) is 1. The summed E-state index contributed by atoms with van der Waals surface area (Å²) in [5.74, 6) is 0. The number of thiocarbonyl (C=S) groups is 1. The summed E-state index contributed by atoms with van der Waals surface area (Å²) in [5.41, 5.74) is 4.66. The fraction of sp³-hybridized carbons (Fsp3) is 0.235. The van der Waals surface area contributed by atoms with Gasteiger partial charge in [-0.15, -0.1) is 0 Å². The second-order valence-electron chi connectivity index (χ2n) is 5.39. The molecule has 0 radical (unpaired) electrons. The van der Waals surface area contributed by atoms with Gasteiger partial charge in [0.05, 0.1) is 0 Å². The number of halogens is 2. The third-order valence-electron chi connectivity index (χ3n) is 3.76. The van der Waals surface area contributed by atoms with Crippen molar-refractivity contribution in [3.63, 3.8) is 0 Å². The Morgan fingerprint density at radius 3 is 2.45 bits per heavy atom. The van der Waals surface area contributed by atoms with Crippen molar-refractivity contribution in [2.45, 2.75) is 25.7 Å². The smallest absolute Gasteiger partial charge is 0.175 e. The van der Waals surface area contributed by atoms with Crippen LogP contribution in [0.2, 0.25) is 10.0 Å². The molecule has 2 N–H and O–H groups in total. The summed E-state index contributed by atoms with van der Waals surface area (Å²) in [6.45, 7) is 0. The Hall–Kier alpha value is -1.29. The molecule has 0 bridgehead atoms. The molecule has 0 fully saturated rings. The first-order valence-corrected chi connectivity index (χ1v) is 8.43. The molecule has 2 aromatic rings. The molecule has 1 aliphatic carbocycles. The quantitative estimate of drug-likeness (QED) is 0.681. The van der Waals surface area contributed by atoms with Crippen LogP contribution in [0, 0.1) is 0 Å². The molecule has 0 unspecified atom stereocenters. The maximum Gasteiger partial charge on any atom is 0.175 e. The summed E-state index contributed by atoms with van der Waals surface area (Å²) in [6, 6.07) is 11.6. The van der Waals surface area contributed by atoms with Crippen molar-refractivity contribution >= 4 is 51.9 Å². The van der Waals surface area contributed by atoms with Crippen molar-refractivity contribution in [3.05, 3.63) is 57.6 Å². The van der Waals surface area contributed by atoms with Gasteiger partial charge in [-0.2, -0.15) is 0 Å². The Morgan fingerprint density at radius 1 is 0.955 bits per heavy atom. The van der Waals surface area contributed by atoms with Crippen LogP contribution in [-0.4, -0.2) is 5.11 Å². The van der Waals surface area contributed by atoms with E-state index in [0.717, 1.165) is 24.2 Å². The van der Waals surface area contributed by atoms with Gasteiger partial charge in [0.15, 0.2) is 5.11 Å². The van der Waals surface area contributed by atoms with Crippen molar-refractivity contribution in [2.24, 2.45) is 0 Å². The third-order valence-corrected chi connectivity index (χ3v) is 4.41. The molecular weight excluding hydrogens is 335 g/mol. The van der Waals surface area contributed by atoms with E-state index >= 15 is 0 Å². The van der Waals surface area contributed by atoms with Crippen LogP contribution in [0.1, 0.15) is 24.0 Å². The predicted octanol–water partition coefficient (Wildman–Crippen LogP) is 5.68. The minimum atomic E-state index is 0.539. The van der Waals surface area contributed by atoms with Crippen LogP contribution in [0.15, 0.2) is 36.4 Å². The molecule has 0 saturated carbocycles. The zero-order valence-corrected chi connectivity index (χ0v) is 14.3. The van der Waals surface area contributed by atoms with E-state index in [-0.39, 0.29) is 0 Å². The standard InChI is InChI=1S/C17H16Cl2N2S/c18-12-8-13(19)10-14(9-12)20-17(22)21-16-7-3-5-11-4-1-2-6-15(11)16/h3,5,7-10H,1-2,4,6H2,(H2,20,21,22). The van der Waals surface area contributed by atoms with Gasteiger partial charge < -0.3 is 10.6 Å². The van der Waals surface area contributed by atoms with E-state index in [9.17, 15) is 0 Å². The van der Waals surface area contributed by atoms with Crippen molar-refractivity contribution in [1.82, 2.24) is 0 Å². The van der Waals surface area contributed by atoms with Crippen LogP contribution in [-0.2, 0) is 12.8 Å². The van der Waals surface area contributed by atoms with E-state index in [0.29, 0.717) is 15.2 Å². The van der Waals surface area contributed by atoms with Gasteiger partial charge >= 0.3 is 0 Å². The Bertz CT molecular complexity index is 696. The lowest BCUT2D eigenvalue weighted by Crippen LogP contribution is -2.20. The van der Waals surface area contributed by atoms with Crippen molar-refractivity contribution in [2.75, 3.05) is 10.6 Å². The first-order valence-electron chi connectivity index (χ1n) is 7.27. The van der Waals surface area contributed by atoms with Gasteiger partial charge in [-0.3, -0.25) is 0 Å². The van der Waals surface area contributed by atoms with Gasteiger partial charge in [0.2, 0.25) is 0 Å². The van der Waals surface area contributed by atoms with E-state index in [2.05, 4.69) is 28.8 Å².